The Morgan fingerprint density at radius 1 is 0.938 bits per heavy atom. The molecule has 0 spiro atoms. The average molecular weight is 458 g/mol. The van der Waals surface area contributed by atoms with Gasteiger partial charge in [-0.3, -0.25) is 4.79 Å². The summed E-state index contributed by atoms with van der Waals surface area (Å²) in [5, 5.41) is 22.5. The van der Waals surface area contributed by atoms with E-state index in [1.807, 2.05) is 13.8 Å². The number of unbranched alkanes of at least 4 members (excludes halogenated alkanes) is 11. The van der Waals surface area contributed by atoms with Gasteiger partial charge in [-0.05, 0) is 39.5 Å². The molecule has 32 heavy (non-hydrogen) atoms. The van der Waals surface area contributed by atoms with Crippen LogP contribution in [0.5, 0.6) is 0 Å². The van der Waals surface area contributed by atoms with Crippen LogP contribution in [0.1, 0.15) is 117 Å². The van der Waals surface area contributed by atoms with Crippen molar-refractivity contribution in [2.24, 2.45) is 5.41 Å². The van der Waals surface area contributed by atoms with Crippen molar-refractivity contribution in [2.45, 2.75) is 136 Å². The van der Waals surface area contributed by atoms with Gasteiger partial charge < -0.3 is 25.0 Å². The van der Waals surface area contributed by atoms with Gasteiger partial charge in [-0.15, -0.1) is 0 Å². The fourth-order valence-electron chi connectivity index (χ4n) is 4.18. The summed E-state index contributed by atoms with van der Waals surface area (Å²) in [5.74, 6) is -0.0743. The van der Waals surface area contributed by atoms with Gasteiger partial charge in [-0.1, -0.05) is 77.6 Å². The van der Waals surface area contributed by atoms with E-state index in [9.17, 15) is 15.0 Å². The zero-order chi connectivity index (χ0) is 23.7. The lowest BCUT2D eigenvalue weighted by Gasteiger charge is -2.22. The summed E-state index contributed by atoms with van der Waals surface area (Å²) in [5.41, 5.74) is -0.430. The number of hydrogen-bond acceptors (Lipinski definition) is 6. The second-order valence-corrected chi connectivity index (χ2v) is 10.2. The first-order chi connectivity index (χ1) is 15.4. The van der Waals surface area contributed by atoms with Crippen LogP contribution in [-0.4, -0.2) is 54.4 Å². The molecule has 0 amide bonds. The minimum absolute atomic E-state index is 0.0743. The highest BCUT2D eigenvalue weighted by Gasteiger charge is 2.29. The standard InChI is InChI=1S/C26H51NO5/c1-4-5-6-7-8-9-10-12-16-19-32-25(30)26(2,3)17-14-11-13-15-18-31-24(29)23-20-22(28)21-27-23/h22-24,27-29H,4-21H2,1-3H3/t22-,23?,24?/m0/s1. The molecule has 0 aliphatic carbocycles. The highest BCUT2D eigenvalue weighted by Crippen LogP contribution is 2.26. The van der Waals surface area contributed by atoms with Gasteiger partial charge in [0, 0.05) is 13.2 Å². The third kappa shape index (κ3) is 13.8. The monoisotopic (exact) mass is 457 g/mol. The number of aliphatic hydroxyl groups excluding tert-OH is 2. The number of aliphatic hydroxyl groups is 2. The number of β-amino-alcohol motifs (C(OH)–C–C–N with tert-alkyl or cyclic N) is 1. The van der Waals surface area contributed by atoms with Crippen molar-refractivity contribution in [1.29, 1.82) is 0 Å². The van der Waals surface area contributed by atoms with E-state index >= 15 is 0 Å². The van der Waals surface area contributed by atoms with Crippen LogP contribution in [0, 0.1) is 5.41 Å². The molecular formula is C26H51NO5. The van der Waals surface area contributed by atoms with Gasteiger partial charge in [0.05, 0.1) is 24.2 Å². The lowest BCUT2D eigenvalue weighted by atomic mass is 9.87. The van der Waals surface area contributed by atoms with Crippen molar-refractivity contribution >= 4 is 5.97 Å². The highest BCUT2D eigenvalue weighted by molar-refractivity contribution is 5.75. The number of esters is 1. The Morgan fingerprint density at radius 2 is 1.50 bits per heavy atom. The molecule has 0 aromatic carbocycles. The van der Waals surface area contributed by atoms with Gasteiger partial charge in [0.15, 0.2) is 6.29 Å². The molecule has 1 aliphatic rings. The summed E-state index contributed by atoms with van der Waals surface area (Å²) in [6, 6.07) is -0.174. The molecule has 190 valence electrons. The molecule has 1 aliphatic heterocycles. The van der Waals surface area contributed by atoms with Crippen molar-refractivity contribution in [2.75, 3.05) is 19.8 Å². The average Bonchev–Trinajstić information content (AvgIpc) is 3.20. The Bertz CT molecular complexity index is 471. The quantitative estimate of drug-likeness (QED) is 0.134. The van der Waals surface area contributed by atoms with Crippen molar-refractivity contribution in [3.05, 3.63) is 0 Å². The maximum Gasteiger partial charge on any atom is 0.311 e. The molecule has 1 heterocycles. The summed E-state index contributed by atoms with van der Waals surface area (Å²) in [4.78, 5) is 12.4. The van der Waals surface area contributed by atoms with Gasteiger partial charge in [0.2, 0.25) is 0 Å². The second kappa shape index (κ2) is 17.7. The van der Waals surface area contributed by atoms with E-state index < -0.39 is 17.8 Å². The van der Waals surface area contributed by atoms with E-state index in [0.717, 1.165) is 44.9 Å². The Labute approximate surface area is 196 Å². The van der Waals surface area contributed by atoms with Crippen LogP contribution in [0.25, 0.3) is 0 Å². The number of rotatable bonds is 20. The summed E-state index contributed by atoms with van der Waals surface area (Å²) in [7, 11) is 0. The number of nitrogens with one attached hydrogen (secondary N) is 1. The molecule has 0 aromatic rings. The van der Waals surface area contributed by atoms with E-state index in [1.54, 1.807) is 0 Å². The summed E-state index contributed by atoms with van der Waals surface area (Å²) in [6.45, 7) is 7.78. The summed E-state index contributed by atoms with van der Waals surface area (Å²) < 4.78 is 11.0. The van der Waals surface area contributed by atoms with Crippen LogP contribution in [0.15, 0.2) is 0 Å². The molecule has 3 N–H and O–H groups in total. The summed E-state index contributed by atoms with van der Waals surface area (Å²) in [6.07, 6.45) is 15.4. The van der Waals surface area contributed by atoms with Crippen LogP contribution in [0.3, 0.4) is 0 Å². The van der Waals surface area contributed by atoms with Gasteiger partial charge in [0.25, 0.3) is 0 Å². The zero-order valence-electron chi connectivity index (χ0n) is 21.1. The van der Waals surface area contributed by atoms with E-state index in [4.69, 9.17) is 9.47 Å². The Balaban J connectivity index is 1.95. The molecule has 1 fully saturated rings. The lowest BCUT2D eigenvalue weighted by molar-refractivity contribution is -0.154. The number of carbonyl (C=O) groups excluding carboxylic acids is 1. The van der Waals surface area contributed by atoms with Crippen LogP contribution in [-0.2, 0) is 14.3 Å². The smallest absolute Gasteiger partial charge is 0.311 e. The maximum atomic E-state index is 12.4. The molecule has 1 saturated heterocycles. The molecule has 6 nitrogen and oxygen atoms in total. The largest absolute Gasteiger partial charge is 0.465 e. The van der Waals surface area contributed by atoms with Crippen LogP contribution >= 0.6 is 0 Å². The first-order valence-corrected chi connectivity index (χ1v) is 13.2. The molecule has 0 aromatic heterocycles. The van der Waals surface area contributed by atoms with E-state index in [2.05, 4.69) is 12.2 Å². The maximum absolute atomic E-state index is 12.4. The van der Waals surface area contributed by atoms with Crippen molar-refractivity contribution < 1.29 is 24.5 Å². The predicted octanol–water partition coefficient (Wildman–Crippen LogP) is 5.09. The fourth-order valence-corrected chi connectivity index (χ4v) is 4.18. The predicted molar refractivity (Wildman–Crippen MR) is 129 cm³/mol. The fraction of sp³-hybridized carbons (Fsp3) is 0.962. The normalized spacial score (nSPS) is 19.9. The minimum atomic E-state index is -0.855. The first-order valence-electron chi connectivity index (χ1n) is 13.2. The van der Waals surface area contributed by atoms with Gasteiger partial charge in [-0.25, -0.2) is 0 Å². The zero-order valence-corrected chi connectivity index (χ0v) is 21.1. The molecule has 2 unspecified atom stereocenters. The molecule has 1 rings (SSSR count). The Hall–Kier alpha value is -0.690. The second-order valence-electron chi connectivity index (χ2n) is 10.2. The number of ether oxygens (including phenoxy) is 2. The molecule has 0 radical (unpaired) electrons. The number of carbonyl (C=O) groups is 1. The highest BCUT2D eigenvalue weighted by atomic mass is 16.6. The van der Waals surface area contributed by atoms with E-state index in [1.165, 1.54) is 44.9 Å². The Morgan fingerprint density at radius 3 is 2.09 bits per heavy atom. The molecule has 0 saturated carbocycles. The lowest BCUT2D eigenvalue weighted by Crippen LogP contribution is -2.36. The van der Waals surface area contributed by atoms with Crippen molar-refractivity contribution in [3.8, 4) is 0 Å². The SMILES string of the molecule is CCCCCCCCCCCOC(=O)C(C)(C)CCCCCCOC(O)C1C[C@H](O)CN1. The van der Waals surface area contributed by atoms with E-state index in [-0.39, 0.29) is 12.0 Å². The van der Waals surface area contributed by atoms with E-state index in [0.29, 0.717) is 26.2 Å². The van der Waals surface area contributed by atoms with Crippen LogP contribution in [0.4, 0.5) is 0 Å². The minimum Gasteiger partial charge on any atom is -0.465 e. The topological polar surface area (TPSA) is 88.0 Å². The Kier molecular flexibility index (Phi) is 16.3. The van der Waals surface area contributed by atoms with Crippen LogP contribution < -0.4 is 5.32 Å². The van der Waals surface area contributed by atoms with Crippen molar-refractivity contribution in [1.82, 2.24) is 5.32 Å². The third-order valence-corrected chi connectivity index (χ3v) is 6.50. The van der Waals surface area contributed by atoms with Crippen molar-refractivity contribution in [3.63, 3.8) is 0 Å². The number of hydrogen-bond donors (Lipinski definition) is 3. The van der Waals surface area contributed by atoms with Gasteiger partial charge >= 0.3 is 5.97 Å². The van der Waals surface area contributed by atoms with Gasteiger partial charge in [-0.2, -0.15) is 0 Å². The summed E-state index contributed by atoms with van der Waals surface area (Å²) >= 11 is 0. The molecule has 0 bridgehead atoms. The molecular weight excluding hydrogens is 406 g/mol. The first kappa shape index (κ1) is 29.3. The van der Waals surface area contributed by atoms with Gasteiger partial charge in [0.1, 0.15) is 0 Å². The molecule has 3 atom stereocenters. The molecule has 6 heteroatoms. The van der Waals surface area contributed by atoms with Crippen LogP contribution in [0.2, 0.25) is 0 Å². The third-order valence-electron chi connectivity index (χ3n) is 6.50.